The van der Waals surface area contributed by atoms with Crippen LogP contribution in [-0.2, 0) is 9.53 Å². The fraction of sp³-hybridized carbons (Fsp3) is 0.167. The van der Waals surface area contributed by atoms with Crippen molar-refractivity contribution in [2.75, 3.05) is 13.9 Å². The van der Waals surface area contributed by atoms with Crippen LogP contribution in [0.4, 0.5) is 0 Å². The molecule has 0 aliphatic rings. The first-order valence-electron chi connectivity index (χ1n) is 6.86. The Morgan fingerprint density at radius 3 is 2.45 bits per heavy atom. The molecule has 0 aliphatic heterocycles. The molecule has 0 aromatic heterocycles. The van der Waals surface area contributed by atoms with E-state index in [-0.39, 0.29) is 12.8 Å². The topological polar surface area (TPSA) is 44.8 Å². The number of benzene rings is 2. The van der Waals surface area contributed by atoms with Crippen molar-refractivity contribution in [3.8, 4) is 11.5 Å². The molecule has 2 aromatic rings. The minimum absolute atomic E-state index is 0.210. The van der Waals surface area contributed by atoms with Crippen molar-refractivity contribution < 1.29 is 19.0 Å². The molecule has 0 saturated heterocycles. The van der Waals surface area contributed by atoms with E-state index in [2.05, 4.69) is 0 Å². The van der Waals surface area contributed by atoms with Gasteiger partial charge in [-0.1, -0.05) is 42.5 Å². The van der Waals surface area contributed by atoms with Gasteiger partial charge in [0.1, 0.15) is 11.5 Å². The normalized spacial score (nSPS) is 10.6. The number of carbonyl (C=O) groups excluding carboxylic acids is 1. The average molecular weight is 298 g/mol. The molecule has 2 aromatic carbocycles. The summed E-state index contributed by atoms with van der Waals surface area (Å²) in [6.07, 6.45) is 3.93. The maximum Gasteiger partial charge on any atom is 0.308 e. The monoisotopic (exact) mass is 298 g/mol. The molecule has 0 spiro atoms. The summed E-state index contributed by atoms with van der Waals surface area (Å²) >= 11 is 0. The number of para-hydroxylation sites is 1. The first-order chi connectivity index (χ1) is 10.7. The standard InChI is InChI=1S/C18H18O4/c1-14(19)22-17-11-8-15(9-12-17)7-10-16-5-3-4-6-18(16)21-13-20-2/h3-12H,13H2,1-2H3/b10-7+. The van der Waals surface area contributed by atoms with Crippen molar-refractivity contribution in [2.24, 2.45) is 0 Å². The first-order valence-corrected chi connectivity index (χ1v) is 6.86. The zero-order valence-corrected chi connectivity index (χ0v) is 12.6. The van der Waals surface area contributed by atoms with E-state index in [4.69, 9.17) is 14.2 Å². The minimum atomic E-state index is -0.326. The predicted molar refractivity (Wildman–Crippen MR) is 85.6 cm³/mol. The van der Waals surface area contributed by atoms with E-state index in [1.807, 2.05) is 48.6 Å². The predicted octanol–water partition coefficient (Wildman–Crippen LogP) is 3.77. The van der Waals surface area contributed by atoms with Crippen LogP contribution in [0, 0.1) is 0 Å². The van der Waals surface area contributed by atoms with Gasteiger partial charge >= 0.3 is 5.97 Å². The van der Waals surface area contributed by atoms with Gasteiger partial charge in [-0.3, -0.25) is 4.79 Å². The van der Waals surface area contributed by atoms with Crippen LogP contribution in [0.1, 0.15) is 18.1 Å². The molecule has 0 heterocycles. The molecule has 0 N–H and O–H groups in total. The molecule has 0 atom stereocenters. The Labute approximate surface area is 129 Å². The molecule has 0 bridgehead atoms. The zero-order chi connectivity index (χ0) is 15.8. The molecule has 4 nitrogen and oxygen atoms in total. The van der Waals surface area contributed by atoms with Gasteiger partial charge in [-0.25, -0.2) is 0 Å². The lowest BCUT2D eigenvalue weighted by Crippen LogP contribution is -2.00. The zero-order valence-electron chi connectivity index (χ0n) is 12.6. The molecule has 0 fully saturated rings. The van der Waals surface area contributed by atoms with E-state index in [1.54, 1.807) is 19.2 Å². The van der Waals surface area contributed by atoms with Gasteiger partial charge < -0.3 is 14.2 Å². The van der Waals surface area contributed by atoms with Crippen molar-refractivity contribution in [3.63, 3.8) is 0 Å². The van der Waals surface area contributed by atoms with Crippen molar-refractivity contribution in [1.29, 1.82) is 0 Å². The van der Waals surface area contributed by atoms with Crippen LogP contribution in [0.3, 0.4) is 0 Å². The largest absolute Gasteiger partial charge is 0.467 e. The molecule has 0 radical (unpaired) electrons. The number of carbonyl (C=O) groups is 1. The molecule has 114 valence electrons. The Hall–Kier alpha value is -2.59. The molecule has 0 aliphatic carbocycles. The third-order valence-electron chi connectivity index (χ3n) is 2.85. The van der Waals surface area contributed by atoms with Crippen LogP contribution >= 0.6 is 0 Å². The molecule has 0 saturated carbocycles. The molecule has 0 amide bonds. The Bertz CT molecular complexity index is 644. The lowest BCUT2D eigenvalue weighted by Gasteiger charge is -2.07. The lowest BCUT2D eigenvalue weighted by atomic mass is 10.1. The number of esters is 1. The van der Waals surface area contributed by atoms with Crippen molar-refractivity contribution in [2.45, 2.75) is 6.92 Å². The third kappa shape index (κ3) is 4.75. The quantitative estimate of drug-likeness (QED) is 0.352. The van der Waals surface area contributed by atoms with Crippen LogP contribution in [0.15, 0.2) is 48.5 Å². The van der Waals surface area contributed by atoms with Gasteiger partial charge in [0, 0.05) is 19.6 Å². The molecule has 22 heavy (non-hydrogen) atoms. The number of ether oxygens (including phenoxy) is 3. The summed E-state index contributed by atoms with van der Waals surface area (Å²) in [6, 6.07) is 15.0. The second kappa shape index (κ2) is 8.00. The van der Waals surface area contributed by atoms with E-state index in [9.17, 15) is 4.79 Å². The second-order valence-corrected chi connectivity index (χ2v) is 4.58. The summed E-state index contributed by atoms with van der Waals surface area (Å²) in [5.41, 5.74) is 1.96. The molecular formula is C18H18O4. The highest BCUT2D eigenvalue weighted by Gasteiger charge is 2.00. The van der Waals surface area contributed by atoms with Crippen molar-refractivity contribution in [3.05, 3.63) is 59.7 Å². The van der Waals surface area contributed by atoms with Crippen LogP contribution < -0.4 is 9.47 Å². The molecule has 4 heteroatoms. The fourth-order valence-electron chi connectivity index (χ4n) is 1.87. The van der Waals surface area contributed by atoms with Crippen LogP contribution in [0.2, 0.25) is 0 Å². The Morgan fingerprint density at radius 1 is 1.05 bits per heavy atom. The van der Waals surface area contributed by atoms with Gasteiger partial charge in [-0.05, 0) is 23.8 Å². The summed E-state index contributed by atoms with van der Waals surface area (Å²) in [5, 5.41) is 0. The number of methoxy groups -OCH3 is 1. The van der Waals surface area contributed by atoms with E-state index >= 15 is 0 Å². The first kappa shape index (κ1) is 15.8. The van der Waals surface area contributed by atoms with Crippen molar-refractivity contribution >= 4 is 18.1 Å². The number of hydrogen-bond donors (Lipinski definition) is 0. The Morgan fingerprint density at radius 2 is 1.77 bits per heavy atom. The highest BCUT2D eigenvalue weighted by Crippen LogP contribution is 2.21. The van der Waals surface area contributed by atoms with Crippen LogP contribution in [0.5, 0.6) is 11.5 Å². The van der Waals surface area contributed by atoms with Crippen LogP contribution in [0.25, 0.3) is 12.2 Å². The van der Waals surface area contributed by atoms with E-state index in [0.717, 1.165) is 16.9 Å². The highest BCUT2D eigenvalue weighted by atomic mass is 16.7. The van der Waals surface area contributed by atoms with Gasteiger partial charge in [0.05, 0.1) is 0 Å². The van der Waals surface area contributed by atoms with E-state index in [1.165, 1.54) is 6.92 Å². The SMILES string of the molecule is COCOc1ccccc1/C=C/c1ccc(OC(C)=O)cc1. The number of hydrogen-bond acceptors (Lipinski definition) is 4. The van der Waals surface area contributed by atoms with Crippen LogP contribution in [-0.4, -0.2) is 19.9 Å². The maximum atomic E-state index is 10.9. The Balaban J connectivity index is 2.09. The van der Waals surface area contributed by atoms with Gasteiger partial charge in [0.15, 0.2) is 6.79 Å². The fourth-order valence-corrected chi connectivity index (χ4v) is 1.87. The smallest absolute Gasteiger partial charge is 0.308 e. The molecule has 0 unspecified atom stereocenters. The van der Waals surface area contributed by atoms with Gasteiger partial charge in [-0.15, -0.1) is 0 Å². The van der Waals surface area contributed by atoms with Crippen molar-refractivity contribution in [1.82, 2.24) is 0 Å². The number of rotatable bonds is 6. The maximum absolute atomic E-state index is 10.9. The van der Waals surface area contributed by atoms with Gasteiger partial charge in [-0.2, -0.15) is 0 Å². The summed E-state index contributed by atoms with van der Waals surface area (Å²) < 4.78 is 15.4. The molecular weight excluding hydrogens is 280 g/mol. The second-order valence-electron chi connectivity index (χ2n) is 4.58. The van der Waals surface area contributed by atoms with Gasteiger partial charge in [0.25, 0.3) is 0 Å². The third-order valence-corrected chi connectivity index (χ3v) is 2.85. The average Bonchev–Trinajstić information content (AvgIpc) is 2.52. The molecule has 2 rings (SSSR count). The summed E-state index contributed by atoms with van der Waals surface area (Å²) in [4.78, 5) is 10.9. The Kier molecular flexibility index (Phi) is 5.74. The summed E-state index contributed by atoms with van der Waals surface area (Å²) in [6.45, 7) is 1.59. The van der Waals surface area contributed by atoms with E-state index < -0.39 is 0 Å². The minimum Gasteiger partial charge on any atom is -0.467 e. The van der Waals surface area contributed by atoms with Gasteiger partial charge in [0.2, 0.25) is 0 Å². The summed E-state index contributed by atoms with van der Waals surface area (Å²) in [5.74, 6) is 0.970. The lowest BCUT2D eigenvalue weighted by molar-refractivity contribution is -0.131. The summed E-state index contributed by atoms with van der Waals surface area (Å²) in [7, 11) is 1.59. The van der Waals surface area contributed by atoms with E-state index in [0.29, 0.717) is 5.75 Å². The highest BCUT2D eigenvalue weighted by molar-refractivity contribution is 5.73.